The molecule has 1 aromatic rings. The normalized spacial score (nSPS) is 19.6. The van der Waals surface area contributed by atoms with E-state index in [1.165, 1.54) is 17.6 Å². The van der Waals surface area contributed by atoms with Crippen LogP contribution in [0, 0.1) is 11.3 Å². The first-order chi connectivity index (χ1) is 15.3. The fourth-order valence-electron chi connectivity index (χ4n) is 4.20. The average Bonchev–Trinajstić information content (AvgIpc) is 3.45. The second-order valence-electron chi connectivity index (χ2n) is 8.19. The predicted octanol–water partition coefficient (Wildman–Crippen LogP) is 0.355. The second-order valence-corrected chi connectivity index (χ2v) is 8.19. The van der Waals surface area contributed by atoms with Gasteiger partial charge in [-0.05, 0) is 12.3 Å². The van der Waals surface area contributed by atoms with Gasteiger partial charge < -0.3 is 25.5 Å². The van der Waals surface area contributed by atoms with E-state index >= 15 is 0 Å². The summed E-state index contributed by atoms with van der Waals surface area (Å²) in [7, 11) is 0. The fourth-order valence-corrected chi connectivity index (χ4v) is 4.20. The molecule has 0 aromatic carbocycles. The summed E-state index contributed by atoms with van der Waals surface area (Å²) in [5, 5.41) is 22.0. The van der Waals surface area contributed by atoms with Crippen molar-refractivity contribution in [1.29, 1.82) is 5.41 Å². The number of oxazole rings is 1. The van der Waals surface area contributed by atoms with E-state index in [4.69, 9.17) is 20.7 Å². The smallest absolute Gasteiger partial charge is 0.317 e. The Labute approximate surface area is 185 Å². The molecule has 0 unspecified atom stereocenters. The molecule has 2 aliphatic rings. The predicted molar refractivity (Wildman–Crippen MR) is 115 cm³/mol. The molecule has 174 valence electrons. The number of carbonyl (C=O) groups is 3. The van der Waals surface area contributed by atoms with E-state index < -0.39 is 24.0 Å². The molecule has 0 saturated heterocycles. The van der Waals surface area contributed by atoms with Gasteiger partial charge >= 0.3 is 5.97 Å². The number of rotatable bonds is 10. The lowest BCUT2D eigenvalue weighted by molar-refractivity contribution is -0.140. The third-order valence-corrected chi connectivity index (χ3v) is 5.84. The van der Waals surface area contributed by atoms with Crippen molar-refractivity contribution in [2.45, 2.75) is 57.2 Å². The molecule has 3 rings (SSSR count). The number of aliphatic carboxylic acids is 1. The highest BCUT2D eigenvalue weighted by atomic mass is 16.4. The molecule has 2 amide bonds. The van der Waals surface area contributed by atoms with Crippen molar-refractivity contribution >= 4 is 23.6 Å². The van der Waals surface area contributed by atoms with E-state index in [1.54, 1.807) is 12.2 Å². The Morgan fingerprint density at radius 1 is 1.31 bits per heavy atom. The van der Waals surface area contributed by atoms with Crippen LogP contribution in [0.4, 0.5) is 0 Å². The molecular formula is C21H30N6O5. The third kappa shape index (κ3) is 6.16. The SMILES string of the molecule is N=C(N)c1coc(CNC(=O)[C@@H]2C=CCN2C(=O)[C@@H](CC2CCCCC2)NCC(=O)O)n1. The summed E-state index contributed by atoms with van der Waals surface area (Å²) in [6.45, 7) is -0.0501. The molecule has 11 heteroatoms. The number of nitrogens with one attached hydrogen (secondary N) is 3. The first-order valence-corrected chi connectivity index (χ1v) is 10.8. The summed E-state index contributed by atoms with van der Waals surface area (Å²) in [5.41, 5.74) is 5.53. The minimum atomic E-state index is -1.03. The lowest BCUT2D eigenvalue weighted by atomic mass is 9.84. The van der Waals surface area contributed by atoms with Gasteiger partial charge in [-0.2, -0.15) is 0 Å². The molecule has 11 nitrogen and oxygen atoms in total. The van der Waals surface area contributed by atoms with Crippen LogP contribution in [0.1, 0.15) is 50.1 Å². The van der Waals surface area contributed by atoms with Gasteiger partial charge in [0.1, 0.15) is 23.8 Å². The number of hydrogen-bond donors (Lipinski definition) is 5. The Balaban J connectivity index is 1.61. The molecular weight excluding hydrogens is 416 g/mol. The number of nitrogens with two attached hydrogens (primary N) is 1. The van der Waals surface area contributed by atoms with Crippen molar-refractivity contribution < 1.29 is 23.9 Å². The zero-order valence-corrected chi connectivity index (χ0v) is 17.9. The molecule has 1 saturated carbocycles. The molecule has 0 spiro atoms. The minimum absolute atomic E-state index is 0.0126. The fraction of sp³-hybridized carbons (Fsp3) is 0.571. The van der Waals surface area contributed by atoms with Gasteiger partial charge in [0, 0.05) is 6.54 Å². The number of carboxylic acid groups (broad SMARTS) is 1. The quantitative estimate of drug-likeness (QED) is 0.194. The van der Waals surface area contributed by atoms with Crippen LogP contribution in [-0.4, -0.2) is 63.8 Å². The molecule has 2 atom stereocenters. The monoisotopic (exact) mass is 446 g/mol. The molecule has 1 aromatic heterocycles. The highest BCUT2D eigenvalue weighted by molar-refractivity contribution is 5.93. The molecule has 32 heavy (non-hydrogen) atoms. The number of aromatic nitrogens is 1. The molecule has 6 N–H and O–H groups in total. The van der Waals surface area contributed by atoms with E-state index in [1.807, 2.05) is 0 Å². The van der Waals surface area contributed by atoms with Crippen molar-refractivity contribution in [1.82, 2.24) is 20.5 Å². The van der Waals surface area contributed by atoms with Crippen molar-refractivity contribution in [2.75, 3.05) is 13.1 Å². The maximum absolute atomic E-state index is 13.3. The summed E-state index contributed by atoms with van der Waals surface area (Å²) in [4.78, 5) is 42.6. The number of hydrogen-bond acceptors (Lipinski definition) is 7. The van der Waals surface area contributed by atoms with E-state index in [9.17, 15) is 14.4 Å². The average molecular weight is 447 g/mol. The van der Waals surface area contributed by atoms with Gasteiger partial charge in [0.2, 0.25) is 17.7 Å². The summed E-state index contributed by atoms with van der Waals surface area (Å²) in [5.74, 6) is -1.39. The molecule has 1 aliphatic carbocycles. The Morgan fingerprint density at radius 3 is 2.72 bits per heavy atom. The van der Waals surface area contributed by atoms with Crippen molar-refractivity contribution in [2.24, 2.45) is 11.7 Å². The maximum Gasteiger partial charge on any atom is 0.317 e. The van der Waals surface area contributed by atoms with Crippen LogP contribution in [0.5, 0.6) is 0 Å². The van der Waals surface area contributed by atoms with Gasteiger partial charge in [0.25, 0.3) is 0 Å². The van der Waals surface area contributed by atoms with Gasteiger partial charge in [-0.1, -0.05) is 44.3 Å². The number of amidine groups is 1. The molecule has 0 bridgehead atoms. The molecule has 0 radical (unpaired) electrons. The van der Waals surface area contributed by atoms with E-state index in [0.717, 1.165) is 25.7 Å². The van der Waals surface area contributed by atoms with Crippen LogP contribution < -0.4 is 16.4 Å². The zero-order valence-electron chi connectivity index (χ0n) is 17.9. The summed E-state index contributed by atoms with van der Waals surface area (Å²) < 4.78 is 5.18. The lowest BCUT2D eigenvalue weighted by Gasteiger charge is -2.31. The van der Waals surface area contributed by atoms with Gasteiger partial charge in [-0.25, -0.2) is 4.98 Å². The largest absolute Gasteiger partial charge is 0.480 e. The summed E-state index contributed by atoms with van der Waals surface area (Å²) >= 11 is 0. The van der Waals surface area contributed by atoms with Gasteiger partial charge in [-0.3, -0.25) is 25.1 Å². The number of amides is 2. The van der Waals surface area contributed by atoms with Crippen LogP contribution >= 0.6 is 0 Å². The van der Waals surface area contributed by atoms with E-state index in [0.29, 0.717) is 12.3 Å². The van der Waals surface area contributed by atoms with Gasteiger partial charge in [0.05, 0.1) is 19.1 Å². The van der Waals surface area contributed by atoms with E-state index in [-0.39, 0.29) is 43.0 Å². The Kier molecular flexibility index (Phi) is 7.98. The zero-order chi connectivity index (χ0) is 23.1. The Hall–Kier alpha value is -3.21. The standard InChI is InChI=1S/C21H30N6O5/c22-19(23)15-12-32-17(26-15)10-25-20(30)16-7-4-8-27(16)21(31)14(24-11-18(28)29)9-13-5-2-1-3-6-13/h4,7,12-14,16,24H,1-3,5-6,8-11H2,(H3,22,23)(H,25,30)(H,28,29)/t14-,16+/m1/s1. The topological polar surface area (TPSA) is 175 Å². The van der Waals surface area contributed by atoms with Gasteiger partial charge in [-0.15, -0.1) is 0 Å². The number of carboxylic acids is 1. The van der Waals surface area contributed by atoms with Crippen LogP contribution in [0.3, 0.4) is 0 Å². The van der Waals surface area contributed by atoms with Crippen molar-refractivity contribution in [3.05, 3.63) is 30.0 Å². The number of nitrogens with zero attached hydrogens (tertiary/aromatic N) is 2. The van der Waals surface area contributed by atoms with Crippen LogP contribution in [-0.2, 0) is 20.9 Å². The third-order valence-electron chi connectivity index (χ3n) is 5.84. The minimum Gasteiger partial charge on any atom is -0.480 e. The van der Waals surface area contributed by atoms with Crippen LogP contribution in [0.15, 0.2) is 22.8 Å². The second kappa shape index (κ2) is 10.9. The van der Waals surface area contributed by atoms with Crippen LogP contribution in [0.25, 0.3) is 0 Å². The van der Waals surface area contributed by atoms with Crippen molar-refractivity contribution in [3.8, 4) is 0 Å². The first-order valence-electron chi connectivity index (χ1n) is 10.8. The molecule has 2 heterocycles. The Bertz CT molecular complexity index is 876. The molecule has 1 fully saturated rings. The van der Waals surface area contributed by atoms with Crippen LogP contribution in [0.2, 0.25) is 0 Å². The van der Waals surface area contributed by atoms with E-state index in [2.05, 4.69) is 15.6 Å². The Morgan fingerprint density at radius 2 is 2.06 bits per heavy atom. The first kappa shape index (κ1) is 23.5. The maximum atomic E-state index is 13.3. The lowest BCUT2D eigenvalue weighted by Crippen LogP contribution is -2.53. The number of nitrogen functional groups attached to an aromatic ring is 1. The summed E-state index contributed by atoms with van der Waals surface area (Å²) in [6, 6.07) is -1.46. The number of carbonyl (C=O) groups excluding carboxylic acids is 2. The highest BCUT2D eigenvalue weighted by Gasteiger charge is 2.35. The van der Waals surface area contributed by atoms with Gasteiger partial charge in [0.15, 0.2) is 0 Å². The summed E-state index contributed by atoms with van der Waals surface area (Å²) in [6.07, 6.45) is 10.7. The van der Waals surface area contributed by atoms with Crippen molar-refractivity contribution in [3.63, 3.8) is 0 Å². The molecule has 1 aliphatic heterocycles. The highest BCUT2D eigenvalue weighted by Crippen LogP contribution is 2.28.